The van der Waals surface area contributed by atoms with E-state index in [0.29, 0.717) is 19.3 Å². The molecule has 0 rings (SSSR count). The molecule has 82 heavy (non-hydrogen) atoms. The van der Waals surface area contributed by atoms with E-state index in [9.17, 15) is 14.4 Å². The molecular weight excluding hydrogens is 1010 g/mol. The Hall–Kier alpha value is -2.63. The van der Waals surface area contributed by atoms with E-state index in [-0.39, 0.29) is 31.1 Å². The van der Waals surface area contributed by atoms with E-state index in [1.54, 1.807) is 0 Å². The van der Waals surface area contributed by atoms with Crippen LogP contribution in [0.4, 0.5) is 0 Å². The van der Waals surface area contributed by atoms with Gasteiger partial charge < -0.3 is 14.2 Å². The van der Waals surface area contributed by atoms with E-state index >= 15 is 0 Å². The topological polar surface area (TPSA) is 78.9 Å². The molecule has 6 nitrogen and oxygen atoms in total. The van der Waals surface area contributed by atoms with E-state index in [1.165, 1.54) is 289 Å². The summed E-state index contributed by atoms with van der Waals surface area (Å²) in [4.78, 5) is 38.4. The van der Waals surface area contributed by atoms with Crippen molar-refractivity contribution in [1.82, 2.24) is 0 Å². The van der Waals surface area contributed by atoms with Gasteiger partial charge in [0.25, 0.3) is 0 Å². The molecule has 0 heterocycles. The van der Waals surface area contributed by atoms with Crippen LogP contribution in [0.25, 0.3) is 0 Å². The zero-order valence-corrected chi connectivity index (χ0v) is 55.3. The third-order valence-electron chi connectivity index (χ3n) is 16.5. The van der Waals surface area contributed by atoms with E-state index in [2.05, 4.69) is 69.4 Å². The molecule has 0 aliphatic carbocycles. The van der Waals surface area contributed by atoms with Gasteiger partial charge in [0.15, 0.2) is 6.10 Å². The second kappa shape index (κ2) is 70.9. The van der Waals surface area contributed by atoms with E-state index in [4.69, 9.17) is 14.2 Å². The summed E-state index contributed by atoms with van der Waals surface area (Å²) in [5.74, 6) is -0.863. The summed E-state index contributed by atoms with van der Waals surface area (Å²) in [6.45, 7) is 6.64. The Morgan fingerprint density at radius 2 is 0.439 bits per heavy atom. The molecule has 0 spiro atoms. The molecule has 0 N–H and O–H groups in total. The van der Waals surface area contributed by atoms with Crippen LogP contribution in [-0.2, 0) is 28.6 Å². The minimum absolute atomic E-state index is 0.0734. The van der Waals surface area contributed by atoms with Crippen LogP contribution in [-0.4, -0.2) is 37.2 Å². The summed E-state index contributed by atoms with van der Waals surface area (Å²) in [5.41, 5.74) is 0. The molecule has 0 saturated carbocycles. The first-order valence-electron chi connectivity index (χ1n) is 36.6. The van der Waals surface area contributed by atoms with Crippen LogP contribution in [0.1, 0.15) is 400 Å². The number of hydrogen-bond acceptors (Lipinski definition) is 6. The van der Waals surface area contributed by atoms with Gasteiger partial charge in [0.1, 0.15) is 13.2 Å². The fourth-order valence-corrected chi connectivity index (χ4v) is 11.0. The molecule has 480 valence electrons. The number of carbonyl (C=O) groups is 3. The Kier molecular flexibility index (Phi) is 68.6. The second-order valence-corrected chi connectivity index (χ2v) is 24.8. The van der Waals surface area contributed by atoms with Crippen molar-refractivity contribution in [3.05, 3.63) is 48.6 Å². The predicted octanol–water partition coefficient (Wildman–Crippen LogP) is 25.3. The number of unbranched alkanes of at least 4 members (excludes halogenated alkanes) is 49. The van der Waals surface area contributed by atoms with Gasteiger partial charge in [-0.15, -0.1) is 0 Å². The first-order chi connectivity index (χ1) is 40.5. The molecule has 0 aromatic carbocycles. The summed E-state index contributed by atoms with van der Waals surface area (Å²) in [5, 5.41) is 0. The summed E-state index contributed by atoms with van der Waals surface area (Å²) < 4.78 is 17.0. The van der Waals surface area contributed by atoms with E-state index in [0.717, 1.165) is 70.6 Å². The highest BCUT2D eigenvalue weighted by atomic mass is 16.6. The largest absolute Gasteiger partial charge is 0.462 e. The summed E-state index contributed by atoms with van der Waals surface area (Å²) in [6, 6.07) is 0. The SMILES string of the molecule is CCCCC/C=C\C/C=C\CCCCCCCCCCCC(=O)OC(COC(=O)CCCCCCC/C=C\CCCCC)COC(=O)CCCCCCCCCCCCCCCCCCCCCCC/C=C\CCCCCCCCCC. The Balaban J connectivity index is 4.11. The number of carbonyl (C=O) groups excluding carboxylic acids is 3. The Morgan fingerprint density at radius 3 is 0.707 bits per heavy atom. The third kappa shape index (κ3) is 68.2. The van der Waals surface area contributed by atoms with Crippen LogP contribution in [0, 0.1) is 0 Å². The molecule has 0 amide bonds. The van der Waals surface area contributed by atoms with Crippen molar-refractivity contribution in [3.63, 3.8) is 0 Å². The van der Waals surface area contributed by atoms with Crippen molar-refractivity contribution in [3.8, 4) is 0 Å². The number of esters is 3. The highest BCUT2D eigenvalue weighted by Gasteiger charge is 2.19. The molecule has 1 atom stereocenters. The van der Waals surface area contributed by atoms with Crippen molar-refractivity contribution >= 4 is 17.9 Å². The average molecular weight is 1150 g/mol. The Labute approximate surface area is 511 Å². The van der Waals surface area contributed by atoms with Gasteiger partial charge in [0.05, 0.1) is 0 Å². The minimum atomic E-state index is -0.778. The van der Waals surface area contributed by atoms with Crippen LogP contribution in [0.2, 0.25) is 0 Å². The molecular formula is C76H140O6. The van der Waals surface area contributed by atoms with Gasteiger partial charge in [-0.2, -0.15) is 0 Å². The standard InChI is InChI=1S/C76H140O6/c1-4-7-10-13-16-19-22-25-27-29-31-32-33-34-35-36-37-38-39-40-41-42-43-44-46-47-49-51-54-57-60-63-66-69-75(78)81-72-73(71-80-74(77)68-65-62-59-56-53-24-21-18-15-12-9-6-3)82-76(79)70-67-64-61-58-55-52-50-48-45-30-28-26-23-20-17-14-11-8-5-2/h17-18,20-21,26,28-29,31,73H,4-16,19,22-25,27,30,32-72H2,1-3H3/b20-17-,21-18-,28-26-,31-29-. The monoisotopic (exact) mass is 1150 g/mol. The first kappa shape index (κ1) is 79.4. The summed E-state index contributed by atoms with van der Waals surface area (Å²) in [6.07, 6.45) is 90.2. The van der Waals surface area contributed by atoms with Crippen molar-refractivity contribution in [1.29, 1.82) is 0 Å². The lowest BCUT2D eigenvalue weighted by Crippen LogP contribution is -2.30. The molecule has 0 saturated heterocycles. The Morgan fingerprint density at radius 1 is 0.244 bits per heavy atom. The maximum Gasteiger partial charge on any atom is 0.306 e. The summed E-state index contributed by atoms with van der Waals surface area (Å²) >= 11 is 0. The number of ether oxygens (including phenoxy) is 3. The normalized spacial score (nSPS) is 12.3. The van der Waals surface area contributed by atoms with Gasteiger partial charge in [0, 0.05) is 19.3 Å². The van der Waals surface area contributed by atoms with E-state index < -0.39 is 6.10 Å². The summed E-state index contributed by atoms with van der Waals surface area (Å²) in [7, 11) is 0. The smallest absolute Gasteiger partial charge is 0.306 e. The van der Waals surface area contributed by atoms with Crippen LogP contribution >= 0.6 is 0 Å². The van der Waals surface area contributed by atoms with Crippen molar-refractivity contribution < 1.29 is 28.6 Å². The molecule has 0 aromatic rings. The van der Waals surface area contributed by atoms with Crippen molar-refractivity contribution in [2.75, 3.05) is 13.2 Å². The van der Waals surface area contributed by atoms with Gasteiger partial charge in [-0.1, -0.05) is 326 Å². The van der Waals surface area contributed by atoms with Gasteiger partial charge in [-0.05, 0) is 103 Å². The van der Waals surface area contributed by atoms with Gasteiger partial charge >= 0.3 is 17.9 Å². The predicted molar refractivity (Wildman–Crippen MR) is 358 cm³/mol. The zero-order chi connectivity index (χ0) is 59.2. The van der Waals surface area contributed by atoms with Crippen LogP contribution in [0.15, 0.2) is 48.6 Å². The van der Waals surface area contributed by atoms with Gasteiger partial charge in [-0.25, -0.2) is 0 Å². The lowest BCUT2D eigenvalue weighted by Gasteiger charge is -2.18. The van der Waals surface area contributed by atoms with Crippen molar-refractivity contribution in [2.45, 2.75) is 406 Å². The van der Waals surface area contributed by atoms with Crippen LogP contribution in [0.3, 0.4) is 0 Å². The number of allylic oxidation sites excluding steroid dienone is 8. The third-order valence-corrected chi connectivity index (χ3v) is 16.5. The van der Waals surface area contributed by atoms with Gasteiger partial charge in [0.2, 0.25) is 0 Å². The van der Waals surface area contributed by atoms with E-state index in [1.807, 2.05) is 0 Å². The molecule has 0 radical (unpaired) electrons. The fraction of sp³-hybridized carbons (Fsp3) is 0.855. The molecule has 0 aromatic heterocycles. The first-order valence-corrected chi connectivity index (χ1v) is 36.6. The highest BCUT2D eigenvalue weighted by molar-refractivity contribution is 5.71. The lowest BCUT2D eigenvalue weighted by atomic mass is 10.0. The zero-order valence-electron chi connectivity index (χ0n) is 55.3. The molecule has 6 heteroatoms. The Bertz CT molecular complexity index is 1410. The average Bonchev–Trinajstić information content (AvgIpc) is 3.47. The number of hydrogen-bond donors (Lipinski definition) is 0. The lowest BCUT2D eigenvalue weighted by molar-refractivity contribution is -0.167. The van der Waals surface area contributed by atoms with Gasteiger partial charge in [-0.3, -0.25) is 14.4 Å². The quantitative estimate of drug-likeness (QED) is 0.0261. The second-order valence-electron chi connectivity index (χ2n) is 24.8. The maximum atomic E-state index is 12.9. The van der Waals surface area contributed by atoms with Crippen LogP contribution in [0.5, 0.6) is 0 Å². The molecule has 0 aliphatic heterocycles. The minimum Gasteiger partial charge on any atom is -0.462 e. The fourth-order valence-electron chi connectivity index (χ4n) is 11.0. The van der Waals surface area contributed by atoms with Crippen LogP contribution < -0.4 is 0 Å². The molecule has 0 fully saturated rings. The molecule has 0 bridgehead atoms. The maximum absolute atomic E-state index is 12.9. The molecule has 0 aliphatic rings. The van der Waals surface area contributed by atoms with Crippen molar-refractivity contribution in [2.24, 2.45) is 0 Å². The molecule has 1 unspecified atom stereocenters. The highest BCUT2D eigenvalue weighted by Crippen LogP contribution is 2.18. The number of rotatable bonds is 68.